The molecule has 0 N–H and O–H groups in total. The van der Waals surface area contributed by atoms with Gasteiger partial charge in [0.15, 0.2) is 11.5 Å². The number of para-hydroxylation sites is 2. The van der Waals surface area contributed by atoms with E-state index < -0.39 is 11.9 Å². The van der Waals surface area contributed by atoms with E-state index in [0.29, 0.717) is 24.3 Å². The van der Waals surface area contributed by atoms with Crippen LogP contribution < -0.4 is 9.47 Å². The largest absolute Gasteiger partial charge is 0.487 e. The second kappa shape index (κ2) is 9.02. The number of rotatable bonds is 4. The molecule has 0 bridgehead atoms. The molecule has 25 heavy (non-hydrogen) atoms. The van der Waals surface area contributed by atoms with Crippen molar-refractivity contribution >= 4 is 11.8 Å². The fourth-order valence-corrected chi connectivity index (χ4v) is 3.76. The van der Waals surface area contributed by atoms with Gasteiger partial charge in [0.05, 0.1) is 6.10 Å². The van der Waals surface area contributed by atoms with Gasteiger partial charge in [0.1, 0.15) is 11.7 Å². The van der Waals surface area contributed by atoms with Gasteiger partial charge in [-0.05, 0) is 50.7 Å². The summed E-state index contributed by atoms with van der Waals surface area (Å²) in [6.07, 6.45) is 11.4. The lowest BCUT2D eigenvalue weighted by molar-refractivity contribution is -0.145. The molecular formula is C21H28O4. The first-order chi connectivity index (χ1) is 12.2. The van der Waals surface area contributed by atoms with Crippen molar-refractivity contribution in [3.05, 3.63) is 24.3 Å². The molecule has 1 unspecified atom stereocenters. The van der Waals surface area contributed by atoms with Crippen LogP contribution in [0, 0.1) is 5.92 Å². The summed E-state index contributed by atoms with van der Waals surface area (Å²) in [4.78, 5) is 24.4. The maximum Gasteiger partial charge on any atom is 0.321 e. The van der Waals surface area contributed by atoms with Crippen LogP contribution in [0.25, 0.3) is 0 Å². The Morgan fingerprint density at radius 2 is 1.48 bits per heavy atom. The molecule has 4 nitrogen and oxygen atoms in total. The smallest absolute Gasteiger partial charge is 0.321 e. The Kier molecular flexibility index (Phi) is 6.48. The minimum atomic E-state index is -0.608. The Hall–Kier alpha value is -1.84. The summed E-state index contributed by atoms with van der Waals surface area (Å²) >= 11 is 0. The van der Waals surface area contributed by atoms with Gasteiger partial charge in [0.2, 0.25) is 0 Å². The first-order valence-corrected chi connectivity index (χ1v) is 9.74. The molecule has 1 aromatic carbocycles. The van der Waals surface area contributed by atoms with Gasteiger partial charge < -0.3 is 9.47 Å². The predicted octanol–water partition coefficient (Wildman–Crippen LogP) is 4.84. The summed E-state index contributed by atoms with van der Waals surface area (Å²) in [5.74, 6) is 0.0221. The van der Waals surface area contributed by atoms with Crippen LogP contribution in [-0.4, -0.2) is 17.9 Å². The summed E-state index contributed by atoms with van der Waals surface area (Å²) in [6.45, 7) is 0. The lowest BCUT2D eigenvalue weighted by Gasteiger charge is -2.23. The van der Waals surface area contributed by atoms with E-state index in [9.17, 15) is 9.59 Å². The highest BCUT2D eigenvalue weighted by atomic mass is 16.6. The molecule has 0 heterocycles. The highest BCUT2D eigenvalue weighted by molar-refractivity contribution is 6.00. The van der Waals surface area contributed by atoms with E-state index >= 15 is 0 Å². The van der Waals surface area contributed by atoms with Crippen molar-refractivity contribution in [3.63, 3.8) is 0 Å². The molecule has 1 atom stereocenters. The quantitative estimate of drug-likeness (QED) is 0.445. The third kappa shape index (κ3) is 5.07. The van der Waals surface area contributed by atoms with E-state index in [1.807, 2.05) is 18.2 Å². The van der Waals surface area contributed by atoms with Gasteiger partial charge in [-0.3, -0.25) is 9.59 Å². The van der Waals surface area contributed by atoms with E-state index in [2.05, 4.69) is 0 Å². The maximum absolute atomic E-state index is 12.4. The first-order valence-electron chi connectivity index (χ1n) is 9.74. The number of hydrogen-bond acceptors (Lipinski definition) is 4. The maximum atomic E-state index is 12.4. The summed E-state index contributed by atoms with van der Waals surface area (Å²) in [6, 6.07) is 7.32. The molecule has 2 saturated carbocycles. The predicted molar refractivity (Wildman–Crippen MR) is 95.8 cm³/mol. The average molecular weight is 344 g/mol. The average Bonchev–Trinajstić information content (AvgIpc) is 2.59. The number of ether oxygens (including phenoxy) is 2. The molecule has 1 aromatic rings. The fraction of sp³-hybridized carbons (Fsp3) is 0.619. The Bertz CT molecular complexity index is 587. The third-order valence-corrected chi connectivity index (χ3v) is 5.24. The number of carbonyl (C=O) groups excluding carboxylic acids is 2. The number of carbonyl (C=O) groups is 2. The lowest BCUT2D eigenvalue weighted by Crippen LogP contribution is -2.30. The lowest BCUT2D eigenvalue weighted by atomic mass is 9.88. The number of ketones is 1. The van der Waals surface area contributed by atoms with Crippen molar-refractivity contribution in [3.8, 4) is 11.5 Å². The molecule has 136 valence electrons. The van der Waals surface area contributed by atoms with Crippen LogP contribution in [0.15, 0.2) is 24.3 Å². The van der Waals surface area contributed by atoms with E-state index in [4.69, 9.17) is 9.47 Å². The van der Waals surface area contributed by atoms with Gasteiger partial charge in [-0.25, -0.2) is 0 Å². The fourth-order valence-electron chi connectivity index (χ4n) is 3.76. The molecule has 0 radical (unpaired) electrons. The molecule has 3 rings (SSSR count). The van der Waals surface area contributed by atoms with Gasteiger partial charge in [-0.1, -0.05) is 37.8 Å². The second-order valence-electron chi connectivity index (χ2n) is 7.22. The molecule has 0 aromatic heterocycles. The summed E-state index contributed by atoms with van der Waals surface area (Å²) in [5.41, 5.74) is 0. The summed E-state index contributed by atoms with van der Waals surface area (Å²) in [7, 11) is 0. The Labute approximate surface area is 149 Å². The first kappa shape index (κ1) is 18.0. The van der Waals surface area contributed by atoms with Crippen LogP contribution in [0.1, 0.15) is 70.6 Å². The number of hydrogen-bond donors (Lipinski definition) is 0. The summed E-state index contributed by atoms with van der Waals surface area (Å²) < 4.78 is 11.7. The van der Waals surface area contributed by atoms with Crippen molar-refractivity contribution < 1.29 is 19.1 Å². The number of esters is 1. The van der Waals surface area contributed by atoms with Gasteiger partial charge in [0.25, 0.3) is 0 Å². The molecule has 0 spiro atoms. The second-order valence-corrected chi connectivity index (χ2v) is 7.22. The molecule has 0 amide bonds. The monoisotopic (exact) mass is 344 g/mol. The van der Waals surface area contributed by atoms with Crippen LogP contribution in [0.5, 0.6) is 11.5 Å². The molecule has 2 aliphatic carbocycles. The molecule has 2 fully saturated rings. The van der Waals surface area contributed by atoms with Crippen molar-refractivity contribution in [2.75, 3.05) is 0 Å². The van der Waals surface area contributed by atoms with Gasteiger partial charge >= 0.3 is 5.97 Å². The van der Waals surface area contributed by atoms with Gasteiger partial charge in [-0.2, -0.15) is 0 Å². The Balaban J connectivity index is 1.65. The van der Waals surface area contributed by atoms with E-state index in [0.717, 1.165) is 25.7 Å². The van der Waals surface area contributed by atoms with Crippen LogP contribution in [0.3, 0.4) is 0 Å². The molecule has 0 saturated heterocycles. The Morgan fingerprint density at radius 3 is 2.20 bits per heavy atom. The van der Waals surface area contributed by atoms with E-state index in [-0.39, 0.29) is 11.9 Å². The van der Waals surface area contributed by atoms with Crippen molar-refractivity contribution in [2.45, 2.75) is 76.7 Å². The highest BCUT2D eigenvalue weighted by Gasteiger charge is 2.31. The number of benzene rings is 1. The Morgan fingerprint density at radius 1 is 0.840 bits per heavy atom. The van der Waals surface area contributed by atoms with Crippen molar-refractivity contribution in [1.29, 1.82) is 0 Å². The van der Waals surface area contributed by atoms with Crippen LogP contribution in [-0.2, 0) is 9.59 Å². The molecule has 2 aliphatic rings. The standard InChI is InChI=1S/C21H28O4/c22-18-13-7-6-12-17(18)21(23)25-20-15-9-8-14-19(20)24-16-10-4-2-1-3-5-11-16/h8-9,14-17H,1-7,10-13H2. The minimum absolute atomic E-state index is 0.00895. The van der Waals surface area contributed by atoms with E-state index in [1.165, 1.54) is 32.1 Å². The van der Waals surface area contributed by atoms with Crippen LogP contribution in [0.4, 0.5) is 0 Å². The normalized spacial score (nSPS) is 22.7. The molecule has 0 aliphatic heterocycles. The zero-order chi connectivity index (χ0) is 17.5. The van der Waals surface area contributed by atoms with Gasteiger partial charge in [-0.15, -0.1) is 0 Å². The SMILES string of the molecule is O=C1CCCCC1C(=O)Oc1ccccc1OC1CCCCCCC1. The third-order valence-electron chi connectivity index (χ3n) is 5.24. The van der Waals surface area contributed by atoms with Crippen molar-refractivity contribution in [1.82, 2.24) is 0 Å². The minimum Gasteiger partial charge on any atom is -0.487 e. The number of Topliss-reactive ketones (excluding diaryl/α,β-unsaturated/α-hetero) is 1. The molecular weight excluding hydrogens is 316 g/mol. The van der Waals surface area contributed by atoms with Crippen LogP contribution in [0.2, 0.25) is 0 Å². The summed E-state index contributed by atoms with van der Waals surface area (Å²) in [5, 5.41) is 0. The van der Waals surface area contributed by atoms with Gasteiger partial charge in [0, 0.05) is 6.42 Å². The van der Waals surface area contributed by atoms with Crippen LogP contribution >= 0.6 is 0 Å². The van der Waals surface area contributed by atoms with Crippen molar-refractivity contribution in [2.24, 2.45) is 5.92 Å². The zero-order valence-corrected chi connectivity index (χ0v) is 14.9. The van der Waals surface area contributed by atoms with E-state index in [1.54, 1.807) is 6.07 Å². The topological polar surface area (TPSA) is 52.6 Å². The zero-order valence-electron chi connectivity index (χ0n) is 14.9. The highest BCUT2D eigenvalue weighted by Crippen LogP contribution is 2.32. The molecule has 4 heteroatoms.